The number of methoxy groups -OCH3 is 1. The number of hydrogen-bond donors (Lipinski definition) is 0. The van der Waals surface area contributed by atoms with Gasteiger partial charge in [0.2, 0.25) is 0 Å². The number of ether oxygens (including phenoxy) is 2. The Labute approximate surface area is 123 Å². The lowest BCUT2D eigenvalue weighted by Crippen LogP contribution is -1.94. The summed E-state index contributed by atoms with van der Waals surface area (Å²) in [6, 6.07) is 11.8. The zero-order valence-corrected chi connectivity index (χ0v) is 12.2. The van der Waals surface area contributed by atoms with Crippen LogP contribution in [0.15, 0.2) is 42.5 Å². The lowest BCUT2D eigenvalue weighted by Gasteiger charge is -2.13. The van der Waals surface area contributed by atoms with Crippen LogP contribution >= 0.6 is 0 Å². The van der Waals surface area contributed by atoms with Crippen molar-refractivity contribution in [3.8, 4) is 17.2 Å². The van der Waals surface area contributed by atoms with E-state index in [-0.39, 0.29) is 5.69 Å². The summed E-state index contributed by atoms with van der Waals surface area (Å²) in [7, 11) is 1.56. The lowest BCUT2D eigenvalue weighted by molar-refractivity contribution is -0.384. The van der Waals surface area contributed by atoms with Gasteiger partial charge in [-0.15, -0.1) is 0 Å². The van der Waals surface area contributed by atoms with E-state index in [0.717, 1.165) is 5.56 Å². The van der Waals surface area contributed by atoms with Gasteiger partial charge in [-0.05, 0) is 29.7 Å². The molecule has 0 aromatic heterocycles. The maximum Gasteiger partial charge on any atom is 0.273 e. The van der Waals surface area contributed by atoms with E-state index in [1.165, 1.54) is 12.1 Å². The Kier molecular flexibility index (Phi) is 4.42. The van der Waals surface area contributed by atoms with Gasteiger partial charge in [-0.2, -0.15) is 0 Å². The Morgan fingerprint density at radius 3 is 2.48 bits per heavy atom. The summed E-state index contributed by atoms with van der Waals surface area (Å²) in [6.45, 7) is 4.16. The largest absolute Gasteiger partial charge is 0.493 e. The number of nitro groups is 1. The van der Waals surface area contributed by atoms with Crippen LogP contribution in [0.25, 0.3) is 0 Å². The Morgan fingerprint density at radius 1 is 1.10 bits per heavy atom. The van der Waals surface area contributed by atoms with E-state index in [9.17, 15) is 10.1 Å². The number of hydrogen-bond acceptors (Lipinski definition) is 4. The summed E-state index contributed by atoms with van der Waals surface area (Å²) in [5.74, 6) is 1.89. The first kappa shape index (κ1) is 14.8. The topological polar surface area (TPSA) is 61.6 Å². The van der Waals surface area contributed by atoms with Crippen LogP contribution in [-0.2, 0) is 0 Å². The third-order valence-corrected chi connectivity index (χ3v) is 3.11. The van der Waals surface area contributed by atoms with Gasteiger partial charge in [0.1, 0.15) is 5.75 Å². The van der Waals surface area contributed by atoms with Gasteiger partial charge < -0.3 is 9.47 Å². The lowest BCUT2D eigenvalue weighted by atomic mass is 10.0. The first-order chi connectivity index (χ1) is 10.0. The van der Waals surface area contributed by atoms with E-state index < -0.39 is 4.92 Å². The molecule has 5 heteroatoms. The Bertz CT molecular complexity index is 652. The van der Waals surface area contributed by atoms with Crippen molar-refractivity contribution in [2.75, 3.05) is 7.11 Å². The fraction of sp³-hybridized carbons (Fsp3) is 0.250. The second-order valence-corrected chi connectivity index (χ2v) is 4.92. The molecule has 2 aromatic carbocycles. The minimum Gasteiger partial charge on any atom is -0.493 e. The maximum atomic E-state index is 10.8. The molecule has 0 aliphatic carbocycles. The van der Waals surface area contributed by atoms with E-state index in [1.807, 2.05) is 18.2 Å². The molecule has 0 unspecified atom stereocenters. The summed E-state index contributed by atoms with van der Waals surface area (Å²) in [6.07, 6.45) is 0. The number of rotatable bonds is 5. The highest BCUT2D eigenvalue weighted by atomic mass is 16.6. The molecule has 0 spiro atoms. The Hall–Kier alpha value is -2.56. The second-order valence-electron chi connectivity index (χ2n) is 4.92. The molecule has 0 saturated carbocycles. The fourth-order valence-electron chi connectivity index (χ4n) is 1.92. The van der Waals surface area contributed by atoms with Crippen LogP contribution in [-0.4, -0.2) is 12.0 Å². The predicted octanol–water partition coefficient (Wildman–Crippen LogP) is 4.52. The van der Waals surface area contributed by atoms with Crippen LogP contribution in [0.5, 0.6) is 17.2 Å². The number of nitrogens with zero attached hydrogens (tertiary/aromatic N) is 1. The van der Waals surface area contributed by atoms with Crippen LogP contribution in [0.1, 0.15) is 25.3 Å². The van der Waals surface area contributed by atoms with Gasteiger partial charge in [0.15, 0.2) is 11.5 Å². The summed E-state index contributed by atoms with van der Waals surface area (Å²) in [5, 5.41) is 10.8. The molecule has 0 radical (unpaired) electrons. The van der Waals surface area contributed by atoms with Crippen LogP contribution in [0.3, 0.4) is 0 Å². The summed E-state index contributed by atoms with van der Waals surface area (Å²) < 4.78 is 11.0. The van der Waals surface area contributed by atoms with E-state index >= 15 is 0 Å². The minimum atomic E-state index is -0.450. The van der Waals surface area contributed by atoms with Gasteiger partial charge in [-0.1, -0.05) is 26.0 Å². The molecule has 0 aliphatic rings. The van der Waals surface area contributed by atoms with E-state index in [1.54, 1.807) is 19.2 Å². The third-order valence-electron chi connectivity index (χ3n) is 3.11. The highest BCUT2D eigenvalue weighted by molar-refractivity contribution is 5.47. The fourth-order valence-corrected chi connectivity index (χ4v) is 1.92. The molecular formula is C16H17NO4. The van der Waals surface area contributed by atoms with Crippen LogP contribution in [0, 0.1) is 10.1 Å². The molecule has 0 bridgehead atoms. The average molecular weight is 287 g/mol. The summed E-state index contributed by atoms with van der Waals surface area (Å²) >= 11 is 0. The molecule has 0 fully saturated rings. The van der Waals surface area contributed by atoms with Crippen molar-refractivity contribution in [2.24, 2.45) is 0 Å². The first-order valence-electron chi connectivity index (χ1n) is 6.61. The number of benzene rings is 2. The molecular weight excluding hydrogens is 270 g/mol. The molecule has 0 N–H and O–H groups in total. The Balaban J connectivity index is 2.35. The van der Waals surface area contributed by atoms with Gasteiger partial charge in [-0.3, -0.25) is 10.1 Å². The molecule has 110 valence electrons. The van der Waals surface area contributed by atoms with Gasteiger partial charge in [-0.25, -0.2) is 0 Å². The van der Waals surface area contributed by atoms with E-state index in [4.69, 9.17) is 9.47 Å². The molecule has 0 heterocycles. The number of nitro benzene ring substituents is 1. The second kappa shape index (κ2) is 6.26. The molecule has 0 atom stereocenters. The molecule has 0 aliphatic heterocycles. The van der Waals surface area contributed by atoms with Crippen molar-refractivity contribution in [1.29, 1.82) is 0 Å². The minimum absolute atomic E-state index is 0.00789. The standard InChI is InChI=1S/C16H17NO4/c1-11(2)12-7-8-15(20-3)16(9-12)21-14-6-4-5-13(10-14)17(18)19/h4-11H,1-3H3. The van der Waals surface area contributed by atoms with E-state index in [0.29, 0.717) is 23.2 Å². The van der Waals surface area contributed by atoms with Crippen LogP contribution in [0.2, 0.25) is 0 Å². The SMILES string of the molecule is COc1ccc(C(C)C)cc1Oc1cccc([N+](=O)[O-])c1. The van der Waals surface area contributed by atoms with Crippen molar-refractivity contribution in [1.82, 2.24) is 0 Å². The highest BCUT2D eigenvalue weighted by Crippen LogP contribution is 2.35. The third kappa shape index (κ3) is 3.51. The molecule has 2 aromatic rings. The van der Waals surface area contributed by atoms with Crippen LogP contribution in [0.4, 0.5) is 5.69 Å². The van der Waals surface area contributed by atoms with Crippen molar-refractivity contribution in [3.05, 3.63) is 58.1 Å². The monoisotopic (exact) mass is 287 g/mol. The van der Waals surface area contributed by atoms with Gasteiger partial charge >= 0.3 is 0 Å². The first-order valence-corrected chi connectivity index (χ1v) is 6.61. The molecule has 5 nitrogen and oxygen atoms in total. The van der Waals surface area contributed by atoms with Gasteiger partial charge in [0, 0.05) is 6.07 Å². The number of non-ortho nitro benzene ring substituents is 1. The Morgan fingerprint density at radius 2 is 1.86 bits per heavy atom. The zero-order chi connectivity index (χ0) is 15.4. The predicted molar refractivity (Wildman–Crippen MR) is 80.3 cm³/mol. The summed E-state index contributed by atoms with van der Waals surface area (Å²) in [4.78, 5) is 10.3. The van der Waals surface area contributed by atoms with Gasteiger partial charge in [0.05, 0.1) is 18.1 Å². The maximum absolute atomic E-state index is 10.8. The smallest absolute Gasteiger partial charge is 0.273 e. The van der Waals surface area contributed by atoms with Crippen molar-refractivity contribution >= 4 is 5.69 Å². The molecule has 0 saturated heterocycles. The normalized spacial score (nSPS) is 10.5. The van der Waals surface area contributed by atoms with Gasteiger partial charge in [0.25, 0.3) is 5.69 Å². The highest BCUT2D eigenvalue weighted by Gasteiger charge is 2.11. The molecule has 21 heavy (non-hydrogen) atoms. The zero-order valence-electron chi connectivity index (χ0n) is 12.2. The molecule has 2 rings (SSSR count). The van der Waals surface area contributed by atoms with E-state index in [2.05, 4.69) is 13.8 Å². The summed E-state index contributed by atoms with van der Waals surface area (Å²) in [5.41, 5.74) is 1.10. The average Bonchev–Trinajstić information content (AvgIpc) is 2.47. The van der Waals surface area contributed by atoms with Crippen molar-refractivity contribution < 1.29 is 14.4 Å². The quantitative estimate of drug-likeness (QED) is 0.599. The van der Waals surface area contributed by atoms with Crippen LogP contribution < -0.4 is 9.47 Å². The molecule has 0 amide bonds. The van der Waals surface area contributed by atoms with Crippen molar-refractivity contribution in [2.45, 2.75) is 19.8 Å². The van der Waals surface area contributed by atoms with Crippen molar-refractivity contribution in [3.63, 3.8) is 0 Å².